The highest BCUT2D eigenvalue weighted by molar-refractivity contribution is 6.31. The van der Waals surface area contributed by atoms with Crippen LogP contribution in [0.2, 0.25) is 5.02 Å². The zero-order valence-corrected chi connectivity index (χ0v) is 23.0. The molecule has 1 aliphatic carbocycles. The normalized spacial score (nSPS) is 19.2. The number of hydrogen-bond donors (Lipinski definition) is 3. The highest BCUT2D eigenvalue weighted by Crippen LogP contribution is 2.30. The zero-order chi connectivity index (χ0) is 28.1. The number of nitrogens with one attached hydrogen (secondary N) is 3. The molecule has 208 valence electrons. The molecule has 0 saturated carbocycles. The smallest absolute Gasteiger partial charge is 0.333 e. The second kappa shape index (κ2) is 12.5. The van der Waals surface area contributed by atoms with Crippen LogP contribution in [0.3, 0.4) is 0 Å². The van der Waals surface area contributed by atoms with E-state index in [1.165, 1.54) is 13.1 Å². The van der Waals surface area contributed by atoms with Crippen LogP contribution in [0.15, 0.2) is 36.3 Å². The molecule has 4 rings (SSSR count). The Morgan fingerprint density at radius 2 is 2.00 bits per heavy atom. The summed E-state index contributed by atoms with van der Waals surface area (Å²) in [7, 11) is 0. The van der Waals surface area contributed by atoms with Gasteiger partial charge >= 0.3 is 5.97 Å². The van der Waals surface area contributed by atoms with Gasteiger partial charge in [-0.05, 0) is 31.9 Å². The molecule has 12 heteroatoms. The summed E-state index contributed by atoms with van der Waals surface area (Å²) in [6.07, 6.45) is 6.98. The molecule has 0 aromatic carbocycles. The van der Waals surface area contributed by atoms with Crippen LogP contribution >= 0.6 is 11.6 Å². The number of pyridine rings is 1. The molecule has 0 spiro atoms. The lowest BCUT2D eigenvalue weighted by Gasteiger charge is -2.39. The van der Waals surface area contributed by atoms with Crippen molar-refractivity contribution in [2.24, 2.45) is 0 Å². The molecule has 2 unspecified atom stereocenters. The van der Waals surface area contributed by atoms with E-state index in [0.717, 1.165) is 19.0 Å². The fourth-order valence-electron chi connectivity index (χ4n) is 4.67. The molecule has 3 N–H and O–H groups in total. The highest BCUT2D eigenvalue weighted by atomic mass is 35.5. The summed E-state index contributed by atoms with van der Waals surface area (Å²) < 4.78 is 26.7. The van der Waals surface area contributed by atoms with Crippen molar-refractivity contribution in [2.75, 3.05) is 11.9 Å². The van der Waals surface area contributed by atoms with Crippen molar-refractivity contribution < 1.29 is 23.5 Å². The first-order valence-corrected chi connectivity index (χ1v) is 13.3. The highest BCUT2D eigenvalue weighted by Gasteiger charge is 2.38. The van der Waals surface area contributed by atoms with Crippen LogP contribution in [0.25, 0.3) is 22.4 Å². The molecule has 3 atom stereocenters. The van der Waals surface area contributed by atoms with Gasteiger partial charge in [-0.15, -0.1) is 0 Å². The van der Waals surface area contributed by atoms with E-state index in [2.05, 4.69) is 30.6 Å². The minimum Gasteiger partial charge on any atom is -0.463 e. The molecule has 10 nitrogen and oxygen atoms in total. The lowest BCUT2D eigenvalue weighted by Crippen LogP contribution is -2.56. The second-order valence-corrected chi connectivity index (χ2v) is 9.70. The Balaban J connectivity index is 1.73. The molecule has 0 saturated heterocycles. The number of fused-ring (bicyclic) bond motifs is 1. The van der Waals surface area contributed by atoms with Crippen molar-refractivity contribution in [1.82, 2.24) is 25.3 Å². The van der Waals surface area contributed by atoms with Crippen LogP contribution in [0.1, 0.15) is 47.0 Å². The van der Waals surface area contributed by atoms with Gasteiger partial charge in [-0.2, -0.15) is 0 Å². The number of hydrogen-bond acceptors (Lipinski definition) is 8. The maximum absolute atomic E-state index is 15.1. The van der Waals surface area contributed by atoms with E-state index in [0.29, 0.717) is 27.2 Å². The van der Waals surface area contributed by atoms with Gasteiger partial charge < -0.3 is 25.1 Å². The second-order valence-electron chi connectivity index (χ2n) is 9.27. The molecule has 3 heterocycles. The molecule has 0 fully saturated rings. The number of H-pyrrole nitrogens is 1. The lowest BCUT2D eigenvalue weighted by atomic mass is 9.87. The van der Waals surface area contributed by atoms with E-state index >= 15 is 4.39 Å². The molecule has 0 radical (unpaired) electrons. The lowest BCUT2D eigenvalue weighted by molar-refractivity contribution is -0.139. The zero-order valence-electron chi connectivity index (χ0n) is 22.3. The largest absolute Gasteiger partial charge is 0.463 e. The third-order valence-electron chi connectivity index (χ3n) is 6.56. The molecule has 3 aromatic heterocycles. The van der Waals surface area contributed by atoms with Crippen molar-refractivity contribution in [1.29, 1.82) is 0 Å². The topological polar surface area (TPSA) is 131 Å². The number of ether oxygens (including phenoxy) is 2. The van der Waals surface area contributed by atoms with Gasteiger partial charge in [0.2, 0.25) is 5.91 Å². The molecule has 3 aromatic rings. The minimum atomic E-state index is -0.738. The molecule has 1 amide bonds. The summed E-state index contributed by atoms with van der Waals surface area (Å²) in [6, 6.07) is 0.366. The molecule has 39 heavy (non-hydrogen) atoms. The van der Waals surface area contributed by atoms with Crippen molar-refractivity contribution in [3.05, 3.63) is 47.1 Å². The number of anilines is 1. The first-order valence-electron chi connectivity index (χ1n) is 13.0. The van der Waals surface area contributed by atoms with Gasteiger partial charge in [-0.25, -0.2) is 24.1 Å². The van der Waals surface area contributed by atoms with Gasteiger partial charge in [0.1, 0.15) is 5.65 Å². The monoisotopic (exact) mass is 558 g/mol. The van der Waals surface area contributed by atoms with E-state index in [-0.39, 0.29) is 36.7 Å². The molecule has 0 bridgehead atoms. The minimum absolute atomic E-state index is 0.0850. The predicted octanol–water partition coefficient (Wildman–Crippen LogP) is 4.56. The maximum Gasteiger partial charge on any atom is 0.333 e. The van der Waals surface area contributed by atoms with Gasteiger partial charge in [0.15, 0.2) is 17.5 Å². The molecular formula is C27H32ClFN6O4. The Hall–Kier alpha value is -3.57. The fourth-order valence-corrected chi connectivity index (χ4v) is 4.83. The quantitative estimate of drug-likeness (QED) is 0.309. The standard InChI is InChI=1S/C27H32ClFN6O4/c1-5-17(6-2)39-22-9-15(27(37)38-7-3)8-21(23(22)33-14(4)36)34-26-20(29)13-32-25(35-26)19-12-31-24-18(19)10-16(28)11-30-24/h8,10-13,17,21-23H,5-7,9H2,1-4H3,(H,30,31)(H,33,36)(H,32,34,35)/t21?,22-,23?/m1/s1. The van der Waals surface area contributed by atoms with Crippen LogP contribution in [0.4, 0.5) is 10.2 Å². The molecule has 1 aliphatic rings. The number of aromatic amines is 1. The summed E-state index contributed by atoms with van der Waals surface area (Å²) in [5, 5.41) is 7.11. The number of esters is 1. The number of rotatable bonds is 10. The Morgan fingerprint density at radius 3 is 2.69 bits per heavy atom. The van der Waals surface area contributed by atoms with Crippen LogP contribution in [-0.2, 0) is 19.1 Å². The van der Waals surface area contributed by atoms with E-state index in [1.807, 2.05) is 13.8 Å². The van der Waals surface area contributed by atoms with Gasteiger partial charge in [-0.3, -0.25) is 4.79 Å². The van der Waals surface area contributed by atoms with Crippen molar-refractivity contribution in [2.45, 2.75) is 71.2 Å². The fraction of sp³-hybridized carbons (Fsp3) is 0.444. The van der Waals surface area contributed by atoms with E-state index < -0.39 is 30.0 Å². The third-order valence-corrected chi connectivity index (χ3v) is 6.77. The Bertz CT molecular complexity index is 1380. The average molecular weight is 559 g/mol. The maximum atomic E-state index is 15.1. The summed E-state index contributed by atoms with van der Waals surface area (Å²) >= 11 is 6.13. The van der Waals surface area contributed by atoms with Crippen molar-refractivity contribution in [3.8, 4) is 11.4 Å². The summed E-state index contributed by atoms with van der Waals surface area (Å²) in [6.45, 7) is 7.34. The molecule has 0 aliphatic heterocycles. The first-order chi connectivity index (χ1) is 18.7. The van der Waals surface area contributed by atoms with E-state index in [1.54, 1.807) is 25.3 Å². The van der Waals surface area contributed by atoms with Gasteiger partial charge in [0, 0.05) is 42.3 Å². The predicted molar refractivity (Wildman–Crippen MR) is 146 cm³/mol. The number of nitrogens with zero attached hydrogens (tertiary/aromatic N) is 3. The summed E-state index contributed by atoms with van der Waals surface area (Å²) in [5.74, 6) is -1.35. The van der Waals surface area contributed by atoms with Crippen LogP contribution < -0.4 is 10.6 Å². The Labute approximate surface area is 230 Å². The van der Waals surface area contributed by atoms with Crippen LogP contribution in [0, 0.1) is 5.82 Å². The van der Waals surface area contributed by atoms with Crippen molar-refractivity contribution in [3.63, 3.8) is 0 Å². The van der Waals surface area contributed by atoms with E-state index in [4.69, 9.17) is 21.1 Å². The van der Waals surface area contributed by atoms with Gasteiger partial charge in [0.05, 0.1) is 42.1 Å². The van der Waals surface area contributed by atoms with Crippen LogP contribution in [0.5, 0.6) is 0 Å². The van der Waals surface area contributed by atoms with Crippen LogP contribution in [-0.4, -0.2) is 62.7 Å². The summed E-state index contributed by atoms with van der Waals surface area (Å²) in [5.41, 5.74) is 1.54. The number of aromatic nitrogens is 4. The SMILES string of the molecule is CCOC(=O)C1=CC(Nc2nc(-c3c[nH]c4ncc(Cl)cc34)ncc2F)C(NC(C)=O)[C@H](OC(CC)CC)C1. The van der Waals surface area contributed by atoms with E-state index in [9.17, 15) is 9.59 Å². The van der Waals surface area contributed by atoms with Crippen molar-refractivity contribution >= 4 is 40.3 Å². The average Bonchev–Trinajstić information content (AvgIpc) is 3.32. The molecular weight excluding hydrogens is 527 g/mol. The Kier molecular flexibility index (Phi) is 9.13. The number of carbonyl (C=O) groups excluding carboxylic acids is 2. The van der Waals surface area contributed by atoms with Gasteiger partial charge in [-0.1, -0.05) is 25.4 Å². The summed E-state index contributed by atoms with van der Waals surface area (Å²) in [4.78, 5) is 40.8. The number of carbonyl (C=O) groups is 2. The number of amides is 1. The third kappa shape index (κ3) is 6.54. The Morgan fingerprint density at radius 1 is 1.23 bits per heavy atom. The number of halogens is 2. The first kappa shape index (κ1) is 28.4. The van der Waals surface area contributed by atoms with Gasteiger partial charge in [0.25, 0.3) is 0 Å².